The van der Waals surface area contributed by atoms with Crippen molar-refractivity contribution in [1.29, 1.82) is 0 Å². The van der Waals surface area contributed by atoms with E-state index in [4.69, 9.17) is 0 Å². The van der Waals surface area contributed by atoms with Gasteiger partial charge in [-0.15, -0.1) is 0 Å². The lowest BCUT2D eigenvalue weighted by molar-refractivity contribution is 0.311. The standard InChI is InChI=1S/C17H25N3/c1-3-4-9-20-16-8-6-5-7-15(16)14-17(20)19-12-10-18(2)11-13-19/h5-8,14H,3-4,9-13H2,1-2H3. The van der Waals surface area contributed by atoms with Crippen molar-refractivity contribution in [3.63, 3.8) is 0 Å². The van der Waals surface area contributed by atoms with E-state index in [1.54, 1.807) is 0 Å². The summed E-state index contributed by atoms with van der Waals surface area (Å²) in [4.78, 5) is 4.96. The van der Waals surface area contributed by atoms with E-state index in [1.165, 1.54) is 29.6 Å². The van der Waals surface area contributed by atoms with Crippen LogP contribution in [0.25, 0.3) is 10.9 Å². The summed E-state index contributed by atoms with van der Waals surface area (Å²) in [6, 6.07) is 11.1. The fourth-order valence-corrected chi connectivity index (χ4v) is 3.04. The number of hydrogen-bond acceptors (Lipinski definition) is 2. The van der Waals surface area contributed by atoms with Gasteiger partial charge in [0.1, 0.15) is 5.82 Å². The van der Waals surface area contributed by atoms with Crippen LogP contribution < -0.4 is 4.90 Å². The summed E-state index contributed by atoms with van der Waals surface area (Å²) < 4.78 is 2.52. The maximum Gasteiger partial charge on any atom is 0.109 e. The van der Waals surface area contributed by atoms with Gasteiger partial charge in [0.05, 0.1) is 0 Å². The van der Waals surface area contributed by atoms with Gasteiger partial charge in [-0.2, -0.15) is 0 Å². The molecule has 20 heavy (non-hydrogen) atoms. The molecule has 1 fully saturated rings. The zero-order valence-electron chi connectivity index (χ0n) is 12.7. The molecular formula is C17H25N3. The van der Waals surface area contributed by atoms with E-state index in [-0.39, 0.29) is 0 Å². The lowest BCUT2D eigenvalue weighted by Gasteiger charge is -2.34. The van der Waals surface area contributed by atoms with Crippen molar-refractivity contribution in [2.24, 2.45) is 0 Å². The highest BCUT2D eigenvalue weighted by Gasteiger charge is 2.18. The molecule has 1 saturated heterocycles. The number of aromatic nitrogens is 1. The number of likely N-dealkylation sites (N-methyl/N-ethyl adjacent to an activating group) is 1. The van der Waals surface area contributed by atoms with Crippen molar-refractivity contribution >= 4 is 16.7 Å². The van der Waals surface area contributed by atoms with E-state index in [2.05, 4.69) is 58.7 Å². The lowest BCUT2D eigenvalue weighted by Crippen LogP contribution is -2.45. The number of rotatable bonds is 4. The Morgan fingerprint density at radius 3 is 2.55 bits per heavy atom. The number of hydrogen-bond donors (Lipinski definition) is 0. The molecule has 3 nitrogen and oxygen atoms in total. The number of nitrogens with zero attached hydrogens (tertiary/aromatic N) is 3. The van der Waals surface area contributed by atoms with Gasteiger partial charge in [0, 0.05) is 43.6 Å². The Balaban J connectivity index is 1.95. The van der Waals surface area contributed by atoms with Crippen LogP contribution in [0.5, 0.6) is 0 Å². The third kappa shape index (κ3) is 2.55. The summed E-state index contributed by atoms with van der Waals surface area (Å²) in [5.74, 6) is 1.41. The topological polar surface area (TPSA) is 11.4 Å². The molecule has 2 aromatic rings. The monoisotopic (exact) mass is 271 g/mol. The average molecular weight is 271 g/mol. The fourth-order valence-electron chi connectivity index (χ4n) is 3.04. The number of benzene rings is 1. The normalized spacial score (nSPS) is 17.0. The first-order valence-corrected chi connectivity index (χ1v) is 7.81. The van der Waals surface area contributed by atoms with Crippen LogP contribution in [0.1, 0.15) is 19.8 Å². The van der Waals surface area contributed by atoms with Gasteiger partial charge in [-0.05, 0) is 25.6 Å². The summed E-state index contributed by atoms with van der Waals surface area (Å²) in [7, 11) is 2.21. The van der Waals surface area contributed by atoms with Crippen LogP contribution in [0.15, 0.2) is 30.3 Å². The second kappa shape index (κ2) is 5.88. The van der Waals surface area contributed by atoms with Crippen LogP contribution in [0.3, 0.4) is 0 Å². The van der Waals surface area contributed by atoms with E-state index < -0.39 is 0 Å². The lowest BCUT2D eigenvalue weighted by atomic mass is 10.2. The largest absolute Gasteiger partial charge is 0.355 e. The maximum absolute atomic E-state index is 2.55. The van der Waals surface area contributed by atoms with E-state index in [0.29, 0.717) is 0 Å². The smallest absolute Gasteiger partial charge is 0.109 e. The second-order valence-corrected chi connectivity index (χ2v) is 5.86. The minimum atomic E-state index is 1.13. The highest BCUT2D eigenvalue weighted by atomic mass is 15.3. The van der Waals surface area contributed by atoms with Crippen molar-refractivity contribution in [2.45, 2.75) is 26.3 Å². The number of fused-ring (bicyclic) bond motifs is 1. The molecule has 1 aromatic heterocycles. The number of aryl methyl sites for hydroxylation is 1. The molecule has 1 aromatic carbocycles. The Hall–Kier alpha value is -1.48. The molecule has 1 aliphatic rings. The van der Waals surface area contributed by atoms with Crippen LogP contribution in [-0.2, 0) is 6.54 Å². The van der Waals surface area contributed by atoms with Crippen molar-refractivity contribution in [3.05, 3.63) is 30.3 Å². The van der Waals surface area contributed by atoms with Crippen molar-refractivity contribution in [2.75, 3.05) is 38.1 Å². The molecule has 3 heteroatoms. The minimum absolute atomic E-state index is 1.13. The summed E-state index contributed by atoms with van der Waals surface area (Å²) in [6.07, 6.45) is 2.49. The molecular weight excluding hydrogens is 246 g/mol. The highest BCUT2D eigenvalue weighted by molar-refractivity contribution is 5.85. The maximum atomic E-state index is 2.55. The van der Waals surface area contributed by atoms with E-state index in [0.717, 1.165) is 32.7 Å². The molecule has 0 bridgehead atoms. The Morgan fingerprint density at radius 1 is 1.05 bits per heavy atom. The Labute approximate surface area is 121 Å². The SMILES string of the molecule is CCCCn1c(N2CCN(C)CC2)cc2ccccc21. The molecule has 1 aliphatic heterocycles. The third-order valence-electron chi connectivity index (χ3n) is 4.35. The number of anilines is 1. The van der Waals surface area contributed by atoms with Crippen LogP contribution in [-0.4, -0.2) is 42.7 Å². The van der Waals surface area contributed by atoms with E-state index in [1.807, 2.05) is 0 Å². The number of unbranched alkanes of at least 4 members (excludes halogenated alkanes) is 1. The molecule has 3 rings (SSSR count). The van der Waals surface area contributed by atoms with Gasteiger partial charge in [0.15, 0.2) is 0 Å². The van der Waals surface area contributed by atoms with Gasteiger partial charge >= 0.3 is 0 Å². The molecule has 0 N–H and O–H groups in total. The van der Waals surface area contributed by atoms with E-state index >= 15 is 0 Å². The first-order chi connectivity index (χ1) is 9.79. The predicted octanol–water partition coefficient (Wildman–Crippen LogP) is 3.19. The number of para-hydroxylation sites is 1. The van der Waals surface area contributed by atoms with Gasteiger partial charge in [-0.3, -0.25) is 0 Å². The third-order valence-corrected chi connectivity index (χ3v) is 4.35. The summed E-state index contributed by atoms with van der Waals surface area (Å²) in [5.41, 5.74) is 1.38. The van der Waals surface area contributed by atoms with Crippen LogP contribution in [0.4, 0.5) is 5.82 Å². The van der Waals surface area contributed by atoms with Gasteiger partial charge in [0.25, 0.3) is 0 Å². The van der Waals surface area contributed by atoms with Crippen molar-refractivity contribution < 1.29 is 0 Å². The first kappa shape index (κ1) is 13.5. The Kier molecular flexibility index (Phi) is 3.97. The molecule has 2 heterocycles. The second-order valence-electron chi connectivity index (χ2n) is 5.86. The van der Waals surface area contributed by atoms with Crippen LogP contribution in [0.2, 0.25) is 0 Å². The molecule has 0 amide bonds. The quantitative estimate of drug-likeness (QED) is 0.846. The van der Waals surface area contributed by atoms with Crippen LogP contribution in [0, 0.1) is 0 Å². The predicted molar refractivity (Wildman–Crippen MR) is 86.6 cm³/mol. The van der Waals surface area contributed by atoms with Crippen LogP contribution >= 0.6 is 0 Å². The van der Waals surface area contributed by atoms with Gasteiger partial charge in [0.2, 0.25) is 0 Å². The summed E-state index contributed by atoms with van der Waals surface area (Å²) >= 11 is 0. The first-order valence-electron chi connectivity index (χ1n) is 7.81. The Morgan fingerprint density at radius 2 is 1.80 bits per heavy atom. The minimum Gasteiger partial charge on any atom is -0.355 e. The van der Waals surface area contributed by atoms with E-state index in [9.17, 15) is 0 Å². The molecule has 0 spiro atoms. The zero-order valence-corrected chi connectivity index (χ0v) is 12.7. The average Bonchev–Trinajstić information content (AvgIpc) is 2.84. The molecule has 0 aliphatic carbocycles. The Bertz CT molecular complexity index is 565. The molecule has 0 saturated carbocycles. The highest BCUT2D eigenvalue weighted by Crippen LogP contribution is 2.27. The molecule has 0 radical (unpaired) electrons. The van der Waals surface area contributed by atoms with Gasteiger partial charge in [-0.1, -0.05) is 31.5 Å². The zero-order chi connectivity index (χ0) is 13.9. The van der Waals surface area contributed by atoms with Gasteiger partial charge in [-0.25, -0.2) is 0 Å². The molecule has 0 unspecified atom stereocenters. The summed E-state index contributed by atoms with van der Waals surface area (Å²) in [6.45, 7) is 8.00. The van der Waals surface area contributed by atoms with Gasteiger partial charge < -0.3 is 14.4 Å². The summed E-state index contributed by atoms with van der Waals surface area (Å²) in [5, 5.41) is 1.37. The molecule has 108 valence electrons. The number of piperazine rings is 1. The molecule has 0 atom stereocenters. The fraction of sp³-hybridized carbons (Fsp3) is 0.529. The van der Waals surface area contributed by atoms with Crippen molar-refractivity contribution in [3.8, 4) is 0 Å². The van der Waals surface area contributed by atoms with Crippen molar-refractivity contribution in [1.82, 2.24) is 9.47 Å².